The zero-order valence-electron chi connectivity index (χ0n) is 8.90. The minimum atomic E-state index is -1.18. The van der Waals surface area contributed by atoms with Gasteiger partial charge in [0.1, 0.15) is 12.6 Å². The molecule has 0 aromatic heterocycles. The molecule has 7 nitrogen and oxygen atoms in total. The lowest BCUT2D eigenvalue weighted by molar-refractivity contribution is -0.144. The molecule has 1 aliphatic rings. The molecule has 0 spiro atoms. The van der Waals surface area contributed by atoms with E-state index in [4.69, 9.17) is 16.7 Å². The molecule has 0 radical (unpaired) electrons. The van der Waals surface area contributed by atoms with Gasteiger partial charge < -0.3 is 15.7 Å². The van der Waals surface area contributed by atoms with E-state index in [1.807, 2.05) is 0 Å². The van der Waals surface area contributed by atoms with Gasteiger partial charge in [-0.3, -0.25) is 9.69 Å². The number of carbonyl (C=O) groups excluding carboxylic acids is 2. The van der Waals surface area contributed by atoms with Crippen molar-refractivity contribution in [3.05, 3.63) is 11.6 Å². The maximum atomic E-state index is 11.6. The summed E-state index contributed by atoms with van der Waals surface area (Å²) >= 11 is 5.47. The van der Waals surface area contributed by atoms with Gasteiger partial charge in [-0.15, -0.1) is 0 Å². The van der Waals surface area contributed by atoms with Crippen LogP contribution in [0.25, 0.3) is 0 Å². The highest BCUT2D eigenvalue weighted by Crippen LogP contribution is 2.05. The van der Waals surface area contributed by atoms with Crippen LogP contribution in [0.15, 0.2) is 11.6 Å². The molecule has 1 saturated heterocycles. The highest BCUT2D eigenvalue weighted by Gasteiger charge is 2.34. The van der Waals surface area contributed by atoms with Crippen LogP contribution in [0.3, 0.4) is 0 Å². The first-order chi connectivity index (χ1) is 7.91. The largest absolute Gasteiger partial charge is 0.480 e. The molecular formula is C9H12ClN3O4. The molecule has 0 aromatic carbocycles. The lowest BCUT2D eigenvalue weighted by Gasteiger charge is -2.32. The third kappa shape index (κ3) is 3.63. The second-order valence-electron chi connectivity index (χ2n) is 3.46. The lowest BCUT2D eigenvalue weighted by Crippen LogP contribution is -2.61. The number of hydrogen-bond donors (Lipinski definition) is 3. The first kappa shape index (κ1) is 13.3. The molecule has 3 amide bonds. The molecule has 8 heteroatoms. The minimum absolute atomic E-state index is 0.0187. The first-order valence-electron chi connectivity index (χ1n) is 4.79. The Hall–Kier alpha value is -1.76. The number of carboxylic acids is 1. The molecule has 1 atom stereocenters. The molecule has 94 valence electrons. The van der Waals surface area contributed by atoms with Crippen LogP contribution in [-0.2, 0) is 9.59 Å². The number of nitrogens with one attached hydrogen (secondary N) is 2. The van der Waals surface area contributed by atoms with Crippen LogP contribution >= 0.6 is 11.6 Å². The molecule has 17 heavy (non-hydrogen) atoms. The Bertz CT molecular complexity index is 371. The summed E-state index contributed by atoms with van der Waals surface area (Å²) in [6.07, 6.45) is 0. The molecule has 1 unspecified atom stereocenters. The topological polar surface area (TPSA) is 98.7 Å². The molecule has 1 aliphatic heterocycles. The van der Waals surface area contributed by atoms with Crippen molar-refractivity contribution in [2.24, 2.45) is 0 Å². The van der Waals surface area contributed by atoms with Crippen LogP contribution < -0.4 is 10.6 Å². The van der Waals surface area contributed by atoms with Crippen LogP contribution in [0.2, 0.25) is 0 Å². The minimum Gasteiger partial charge on any atom is -0.480 e. The van der Waals surface area contributed by atoms with E-state index in [0.717, 1.165) is 4.90 Å². The van der Waals surface area contributed by atoms with Crippen molar-refractivity contribution in [2.75, 3.05) is 19.6 Å². The molecule has 1 fully saturated rings. The number of amides is 3. The van der Waals surface area contributed by atoms with Crippen LogP contribution in [0.5, 0.6) is 0 Å². The number of piperazine rings is 1. The predicted molar refractivity (Wildman–Crippen MR) is 59.5 cm³/mol. The normalized spacial score (nSPS) is 19.5. The number of carbonyl (C=O) groups is 3. The Kier molecular flexibility index (Phi) is 4.33. The maximum Gasteiger partial charge on any atom is 0.328 e. The van der Waals surface area contributed by atoms with Crippen molar-refractivity contribution < 1.29 is 19.5 Å². The van der Waals surface area contributed by atoms with Gasteiger partial charge in [0, 0.05) is 11.6 Å². The Labute approximate surface area is 102 Å². The molecule has 1 rings (SSSR count). The number of aliphatic carboxylic acids is 1. The van der Waals surface area contributed by atoms with Crippen molar-refractivity contribution in [1.29, 1.82) is 0 Å². The highest BCUT2D eigenvalue weighted by molar-refractivity contribution is 6.29. The van der Waals surface area contributed by atoms with Crippen molar-refractivity contribution in [3.8, 4) is 0 Å². The number of carboxylic acid groups (broad SMARTS) is 1. The second-order valence-corrected chi connectivity index (χ2v) is 4.00. The molecule has 0 aliphatic carbocycles. The number of nitrogens with zero attached hydrogens (tertiary/aromatic N) is 1. The van der Waals surface area contributed by atoms with Gasteiger partial charge >= 0.3 is 12.0 Å². The van der Waals surface area contributed by atoms with Gasteiger partial charge in [-0.25, -0.2) is 9.59 Å². The summed E-state index contributed by atoms with van der Waals surface area (Å²) in [5, 5.41) is 13.9. The van der Waals surface area contributed by atoms with Gasteiger partial charge in [-0.1, -0.05) is 18.2 Å². The fourth-order valence-corrected chi connectivity index (χ4v) is 1.42. The fourth-order valence-electron chi connectivity index (χ4n) is 1.35. The average Bonchev–Trinajstić information content (AvgIpc) is 2.25. The van der Waals surface area contributed by atoms with E-state index in [9.17, 15) is 14.4 Å². The van der Waals surface area contributed by atoms with Crippen molar-refractivity contribution >= 4 is 29.5 Å². The van der Waals surface area contributed by atoms with Crippen molar-refractivity contribution in [1.82, 2.24) is 15.5 Å². The van der Waals surface area contributed by atoms with E-state index >= 15 is 0 Å². The predicted octanol–water partition coefficient (Wildman–Crippen LogP) is -0.666. The van der Waals surface area contributed by atoms with E-state index < -0.39 is 23.9 Å². The number of halogens is 1. The molecule has 1 heterocycles. The highest BCUT2D eigenvalue weighted by atomic mass is 35.5. The van der Waals surface area contributed by atoms with Gasteiger partial charge in [0.15, 0.2) is 0 Å². The van der Waals surface area contributed by atoms with E-state index in [1.165, 1.54) is 0 Å². The van der Waals surface area contributed by atoms with Gasteiger partial charge in [-0.2, -0.15) is 0 Å². The Morgan fingerprint density at radius 3 is 2.82 bits per heavy atom. The van der Waals surface area contributed by atoms with Crippen LogP contribution in [0, 0.1) is 0 Å². The summed E-state index contributed by atoms with van der Waals surface area (Å²) in [7, 11) is 0. The van der Waals surface area contributed by atoms with Crippen LogP contribution in [-0.4, -0.2) is 53.6 Å². The summed E-state index contributed by atoms with van der Waals surface area (Å²) in [4.78, 5) is 34.6. The quantitative estimate of drug-likeness (QED) is 0.628. The van der Waals surface area contributed by atoms with Gasteiger partial charge in [0.25, 0.3) is 0 Å². The molecular weight excluding hydrogens is 250 g/mol. The van der Waals surface area contributed by atoms with E-state index in [1.54, 1.807) is 0 Å². The van der Waals surface area contributed by atoms with Gasteiger partial charge in [0.05, 0.1) is 6.54 Å². The van der Waals surface area contributed by atoms with Crippen molar-refractivity contribution in [3.63, 3.8) is 0 Å². The Balaban J connectivity index is 2.68. The molecule has 3 N–H and O–H groups in total. The SMILES string of the molecule is C=C(Cl)CNC(=O)N1CC(=O)NCC1C(=O)O. The third-order valence-corrected chi connectivity index (χ3v) is 2.29. The van der Waals surface area contributed by atoms with Crippen LogP contribution in [0.1, 0.15) is 0 Å². The zero-order valence-corrected chi connectivity index (χ0v) is 9.66. The second kappa shape index (κ2) is 5.53. The Morgan fingerprint density at radius 1 is 1.65 bits per heavy atom. The summed E-state index contributed by atoms with van der Waals surface area (Å²) in [5.41, 5.74) is 0. The van der Waals surface area contributed by atoms with E-state index in [2.05, 4.69) is 17.2 Å². The van der Waals surface area contributed by atoms with Crippen LogP contribution in [0.4, 0.5) is 4.79 Å². The average molecular weight is 262 g/mol. The zero-order chi connectivity index (χ0) is 13.0. The first-order valence-corrected chi connectivity index (χ1v) is 5.17. The Morgan fingerprint density at radius 2 is 2.29 bits per heavy atom. The maximum absolute atomic E-state index is 11.6. The molecule has 0 aromatic rings. The number of urea groups is 1. The lowest BCUT2D eigenvalue weighted by atomic mass is 10.2. The third-order valence-electron chi connectivity index (χ3n) is 2.16. The van der Waals surface area contributed by atoms with Gasteiger partial charge in [0.2, 0.25) is 5.91 Å². The summed E-state index contributed by atoms with van der Waals surface area (Å²) in [6, 6.07) is -1.73. The summed E-state index contributed by atoms with van der Waals surface area (Å²) < 4.78 is 0. The van der Waals surface area contributed by atoms with Crippen molar-refractivity contribution in [2.45, 2.75) is 6.04 Å². The van der Waals surface area contributed by atoms with Gasteiger partial charge in [-0.05, 0) is 0 Å². The molecule has 0 saturated carbocycles. The van der Waals surface area contributed by atoms with E-state index in [0.29, 0.717) is 0 Å². The fraction of sp³-hybridized carbons (Fsp3) is 0.444. The number of hydrogen-bond acceptors (Lipinski definition) is 3. The smallest absolute Gasteiger partial charge is 0.328 e. The summed E-state index contributed by atoms with van der Waals surface area (Å²) in [5.74, 6) is -1.58. The monoisotopic (exact) mass is 261 g/mol. The summed E-state index contributed by atoms with van der Waals surface area (Å²) in [6.45, 7) is 2.99. The number of rotatable bonds is 3. The molecule has 0 bridgehead atoms. The standard InChI is InChI=1S/C9H12ClN3O4/c1-5(10)2-12-9(17)13-4-7(14)11-3-6(13)8(15)16/h6H,1-4H2,(H,11,14)(H,12,17)(H,15,16). The van der Waals surface area contributed by atoms with E-state index in [-0.39, 0.29) is 24.7 Å².